The zero-order valence-electron chi connectivity index (χ0n) is 19.1. The SMILES string of the molecule is CCOC(=O)c1ccc(NC(=O)Cn2c(CN3CCCC3)nc3sc(C)c(C)c3c2=O)cc1. The Morgan fingerprint density at radius 3 is 2.52 bits per heavy atom. The Morgan fingerprint density at radius 1 is 1.15 bits per heavy atom. The lowest BCUT2D eigenvalue weighted by Crippen LogP contribution is -2.33. The van der Waals surface area contributed by atoms with Gasteiger partial charge in [-0.2, -0.15) is 0 Å². The summed E-state index contributed by atoms with van der Waals surface area (Å²) in [7, 11) is 0. The minimum Gasteiger partial charge on any atom is -0.462 e. The van der Waals surface area contributed by atoms with Crippen molar-refractivity contribution in [3.05, 3.63) is 56.4 Å². The van der Waals surface area contributed by atoms with Gasteiger partial charge in [-0.15, -0.1) is 11.3 Å². The third kappa shape index (κ3) is 4.99. The zero-order chi connectivity index (χ0) is 23.5. The molecule has 1 aromatic carbocycles. The van der Waals surface area contributed by atoms with Gasteiger partial charge >= 0.3 is 5.97 Å². The van der Waals surface area contributed by atoms with Gasteiger partial charge in [-0.3, -0.25) is 19.1 Å². The number of fused-ring (bicyclic) bond motifs is 1. The number of nitrogens with zero attached hydrogens (tertiary/aromatic N) is 3. The Bertz CT molecular complexity index is 1240. The predicted octanol–water partition coefficient (Wildman–Crippen LogP) is 3.49. The van der Waals surface area contributed by atoms with E-state index in [1.165, 1.54) is 15.9 Å². The molecule has 33 heavy (non-hydrogen) atoms. The molecule has 174 valence electrons. The van der Waals surface area contributed by atoms with E-state index in [1.807, 2.05) is 13.8 Å². The molecule has 9 heteroatoms. The Balaban J connectivity index is 1.59. The Labute approximate surface area is 196 Å². The van der Waals surface area contributed by atoms with Crippen LogP contribution in [0.3, 0.4) is 0 Å². The molecule has 0 spiro atoms. The van der Waals surface area contributed by atoms with E-state index in [4.69, 9.17) is 9.72 Å². The first-order chi connectivity index (χ1) is 15.9. The fraction of sp³-hybridized carbons (Fsp3) is 0.417. The second-order valence-corrected chi connectivity index (χ2v) is 9.42. The second kappa shape index (κ2) is 9.84. The van der Waals surface area contributed by atoms with Gasteiger partial charge in [0, 0.05) is 10.6 Å². The van der Waals surface area contributed by atoms with Gasteiger partial charge in [0.15, 0.2) is 0 Å². The van der Waals surface area contributed by atoms with Gasteiger partial charge in [0.05, 0.1) is 24.1 Å². The summed E-state index contributed by atoms with van der Waals surface area (Å²) in [6.07, 6.45) is 2.26. The quantitative estimate of drug-likeness (QED) is 0.534. The molecule has 0 atom stereocenters. The summed E-state index contributed by atoms with van der Waals surface area (Å²) in [5, 5.41) is 3.41. The number of thiophene rings is 1. The average Bonchev–Trinajstić information content (AvgIpc) is 3.39. The van der Waals surface area contributed by atoms with Crippen LogP contribution >= 0.6 is 11.3 Å². The fourth-order valence-electron chi connectivity index (χ4n) is 4.04. The lowest BCUT2D eigenvalue weighted by molar-refractivity contribution is -0.116. The van der Waals surface area contributed by atoms with Gasteiger partial charge in [0.2, 0.25) is 5.91 Å². The van der Waals surface area contributed by atoms with Crippen LogP contribution in [0.5, 0.6) is 0 Å². The number of nitrogens with one attached hydrogen (secondary N) is 1. The van der Waals surface area contributed by atoms with Crippen LogP contribution in [-0.2, 0) is 22.6 Å². The highest BCUT2D eigenvalue weighted by molar-refractivity contribution is 7.18. The van der Waals surface area contributed by atoms with Gasteiger partial charge in [0.1, 0.15) is 17.2 Å². The zero-order valence-corrected chi connectivity index (χ0v) is 20.0. The largest absolute Gasteiger partial charge is 0.462 e. The molecule has 8 nitrogen and oxygen atoms in total. The average molecular weight is 469 g/mol. The summed E-state index contributed by atoms with van der Waals surface area (Å²) in [5.74, 6) is -0.118. The number of carbonyl (C=O) groups excluding carboxylic acids is 2. The standard InChI is InChI=1S/C24H28N4O4S/c1-4-32-24(31)17-7-9-18(10-8-17)25-20(29)14-28-19(13-27-11-5-6-12-27)26-22-21(23(28)30)15(2)16(3)33-22/h7-10H,4-6,11-14H2,1-3H3,(H,25,29). The summed E-state index contributed by atoms with van der Waals surface area (Å²) in [5.41, 5.74) is 1.70. The van der Waals surface area contributed by atoms with Gasteiger partial charge < -0.3 is 10.1 Å². The first kappa shape index (κ1) is 23.1. The highest BCUT2D eigenvalue weighted by Gasteiger charge is 2.21. The van der Waals surface area contributed by atoms with Crippen LogP contribution in [0, 0.1) is 13.8 Å². The molecule has 1 amide bonds. The molecule has 0 unspecified atom stereocenters. The van der Waals surface area contributed by atoms with E-state index in [9.17, 15) is 14.4 Å². The molecule has 2 aromatic heterocycles. The number of hydrogen-bond acceptors (Lipinski definition) is 7. The Morgan fingerprint density at radius 2 is 1.85 bits per heavy atom. The molecular formula is C24H28N4O4S. The Kier molecular flexibility index (Phi) is 6.90. The number of aromatic nitrogens is 2. The summed E-state index contributed by atoms with van der Waals surface area (Å²) < 4.78 is 6.48. The van der Waals surface area contributed by atoms with Gasteiger partial charge in [-0.1, -0.05) is 0 Å². The number of amides is 1. The number of aryl methyl sites for hydroxylation is 2. The number of benzene rings is 1. The van der Waals surface area contributed by atoms with Crippen LogP contribution < -0.4 is 10.9 Å². The van der Waals surface area contributed by atoms with Crippen LogP contribution in [0.25, 0.3) is 10.2 Å². The molecule has 1 fully saturated rings. The van der Waals surface area contributed by atoms with Crippen molar-refractivity contribution >= 4 is 39.1 Å². The molecule has 1 aliphatic heterocycles. The number of esters is 1. The molecule has 1 saturated heterocycles. The van der Waals surface area contributed by atoms with Crippen molar-refractivity contribution in [1.29, 1.82) is 0 Å². The molecule has 0 aliphatic carbocycles. The van der Waals surface area contributed by atoms with Crippen molar-refractivity contribution in [2.24, 2.45) is 0 Å². The molecule has 3 heterocycles. The highest BCUT2D eigenvalue weighted by Crippen LogP contribution is 2.27. The van der Waals surface area contributed by atoms with Gasteiger partial charge in [-0.05, 0) is 76.5 Å². The smallest absolute Gasteiger partial charge is 0.338 e. The monoisotopic (exact) mass is 468 g/mol. The molecule has 1 N–H and O–H groups in total. The Hall–Kier alpha value is -3.04. The van der Waals surface area contributed by atoms with Crippen LogP contribution in [-0.4, -0.2) is 46.0 Å². The van der Waals surface area contributed by atoms with E-state index in [0.717, 1.165) is 41.2 Å². The normalized spacial score (nSPS) is 14.0. The van der Waals surface area contributed by atoms with E-state index in [0.29, 0.717) is 35.6 Å². The second-order valence-electron chi connectivity index (χ2n) is 8.21. The van der Waals surface area contributed by atoms with Crippen molar-refractivity contribution < 1.29 is 14.3 Å². The van der Waals surface area contributed by atoms with Crippen molar-refractivity contribution in [3.8, 4) is 0 Å². The minimum absolute atomic E-state index is 0.126. The fourth-order valence-corrected chi connectivity index (χ4v) is 5.08. The molecule has 4 rings (SSSR count). The summed E-state index contributed by atoms with van der Waals surface area (Å²) in [6.45, 7) is 8.31. The number of rotatable bonds is 7. The third-order valence-corrected chi connectivity index (χ3v) is 7.01. The van der Waals surface area contributed by atoms with Crippen molar-refractivity contribution in [2.75, 3.05) is 25.0 Å². The first-order valence-electron chi connectivity index (χ1n) is 11.2. The van der Waals surface area contributed by atoms with E-state index in [-0.39, 0.29) is 18.0 Å². The lowest BCUT2D eigenvalue weighted by Gasteiger charge is -2.18. The third-order valence-electron chi connectivity index (χ3n) is 5.91. The van der Waals surface area contributed by atoms with Crippen molar-refractivity contribution in [3.63, 3.8) is 0 Å². The van der Waals surface area contributed by atoms with E-state index in [1.54, 1.807) is 31.2 Å². The van der Waals surface area contributed by atoms with Crippen LogP contribution in [0.2, 0.25) is 0 Å². The van der Waals surface area contributed by atoms with Crippen molar-refractivity contribution in [2.45, 2.75) is 46.7 Å². The maximum absolute atomic E-state index is 13.4. The van der Waals surface area contributed by atoms with E-state index in [2.05, 4.69) is 10.2 Å². The van der Waals surface area contributed by atoms with Crippen molar-refractivity contribution in [1.82, 2.24) is 14.5 Å². The van der Waals surface area contributed by atoms with Crippen LogP contribution in [0.1, 0.15) is 46.4 Å². The molecule has 3 aromatic rings. The number of anilines is 1. The van der Waals surface area contributed by atoms with Gasteiger partial charge in [0.25, 0.3) is 5.56 Å². The predicted molar refractivity (Wildman–Crippen MR) is 129 cm³/mol. The van der Waals surface area contributed by atoms with Gasteiger partial charge in [-0.25, -0.2) is 9.78 Å². The van der Waals surface area contributed by atoms with Crippen LogP contribution in [0.4, 0.5) is 5.69 Å². The molecule has 0 saturated carbocycles. The maximum atomic E-state index is 13.4. The molecular weight excluding hydrogens is 440 g/mol. The van der Waals surface area contributed by atoms with Crippen LogP contribution in [0.15, 0.2) is 29.1 Å². The topological polar surface area (TPSA) is 93.5 Å². The van der Waals surface area contributed by atoms with E-state index < -0.39 is 5.97 Å². The summed E-state index contributed by atoms with van der Waals surface area (Å²) in [6, 6.07) is 6.49. The first-order valence-corrected chi connectivity index (χ1v) is 12.0. The number of hydrogen-bond donors (Lipinski definition) is 1. The molecule has 0 bridgehead atoms. The summed E-state index contributed by atoms with van der Waals surface area (Å²) >= 11 is 1.52. The lowest BCUT2D eigenvalue weighted by atomic mass is 10.2. The summed E-state index contributed by atoms with van der Waals surface area (Å²) in [4.78, 5) is 46.9. The maximum Gasteiger partial charge on any atom is 0.338 e. The molecule has 1 aliphatic rings. The number of ether oxygens (including phenoxy) is 1. The highest BCUT2D eigenvalue weighted by atomic mass is 32.1. The van der Waals surface area contributed by atoms with E-state index >= 15 is 0 Å². The minimum atomic E-state index is -0.408. The number of carbonyl (C=O) groups is 2. The molecule has 0 radical (unpaired) electrons. The number of likely N-dealkylation sites (tertiary alicyclic amines) is 1.